The summed E-state index contributed by atoms with van der Waals surface area (Å²) in [5.41, 5.74) is 4.07. The maximum atomic E-state index is 12.5. The summed E-state index contributed by atoms with van der Waals surface area (Å²) in [7, 11) is 1.81. The topological polar surface area (TPSA) is 25.2 Å². The maximum absolute atomic E-state index is 12.5. The minimum Gasteiger partial charge on any atom is -0.333 e. The molecular formula is C15H15ClN2O. The number of aryl methyl sites for hydroxylation is 2. The predicted molar refractivity (Wildman–Crippen MR) is 76.9 cm³/mol. The molecule has 4 heteroatoms. The van der Waals surface area contributed by atoms with Crippen molar-refractivity contribution in [2.75, 3.05) is 11.9 Å². The Morgan fingerprint density at radius 3 is 2.37 bits per heavy atom. The average molecular weight is 275 g/mol. The van der Waals surface area contributed by atoms with E-state index in [1.165, 1.54) is 0 Å². The number of fused-ring (bicyclic) bond motifs is 1. The summed E-state index contributed by atoms with van der Waals surface area (Å²) in [6, 6.07) is 9.39. The van der Waals surface area contributed by atoms with Crippen molar-refractivity contribution in [1.29, 1.82) is 0 Å². The molecule has 0 bridgehead atoms. The zero-order valence-corrected chi connectivity index (χ0v) is 11.9. The highest BCUT2D eigenvalue weighted by molar-refractivity contribution is 6.31. The Balaban J connectivity index is 2.24. The summed E-state index contributed by atoms with van der Waals surface area (Å²) in [5.74, 6) is 0.0830. The first-order chi connectivity index (χ1) is 9.00. The van der Waals surface area contributed by atoms with Gasteiger partial charge in [0.2, 0.25) is 0 Å². The standard InChI is InChI=1S/C15H15ClN2O/c1-9-4-5-10(2)18(9)14-12-8-11(16)6-7-13(12)17(3)15(14)19/h4-8,14H,1-3H3. The minimum atomic E-state index is -0.298. The SMILES string of the molecule is Cc1ccc(C)n1C1C(=O)N(C)c2ccc(Cl)cc21. The predicted octanol–water partition coefficient (Wildman–Crippen LogP) is 3.32. The molecule has 2 heterocycles. The Bertz CT molecular complexity index is 655. The molecule has 0 saturated carbocycles. The lowest BCUT2D eigenvalue weighted by Crippen LogP contribution is -2.28. The fourth-order valence-corrected chi connectivity index (χ4v) is 3.00. The van der Waals surface area contributed by atoms with E-state index in [4.69, 9.17) is 11.6 Å². The highest BCUT2D eigenvalue weighted by Gasteiger charge is 2.37. The van der Waals surface area contributed by atoms with Gasteiger partial charge < -0.3 is 9.47 Å². The number of anilines is 1. The molecule has 1 aliphatic heterocycles. The normalized spacial score (nSPS) is 18.0. The first-order valence-electron chi connectivity index (χ1n) is 6.22. The van der Waals surface area contributed by atoms with Crippen molar-refractivity contribution in [3.05, 3.63) is 52.3 Å². The van der Waals surface area contributed by atoms with Crippen LogP contribution in [-0.4, -0.2) is 17.5 Å². The van der Waals surface area contributed by atoms with Crippen molar-refractivity contribution in [3.63, 3.8) is 0 Å². The Hall–Kier alpha value is -1.74. The summed E-state index contributed by atoms with van der Waals surface area (Å²) < 4.78 is 2.07. The third kappa shape index (κ3) is 1.69. The number of aromatic nitrogens is 1. The number of rotatable bonds is 1. The molecule has 19 heavy (non-hydrogen) atoms. The largest absolute Gasteiger partial charge is 0.333 e. The molecule has 98 valence electrons. The van der Waals surface area contributed by atoms with E-state index >= 15 is 0 Å². The van der Waals surface area contributed by atoms with E-state index in [2.05, 4.69) is 4.57 Å². The van der Waals surface area contributed by atoms with Gasteiger partial charge in [0.15, 0.2) is 0 Å². The second-order valence-corrected chi connectivity index (χ2v) is 5.43. The molecule has 0 radical (unpaired) electrons. The number of hydrogen-bond donors (Lipinski definition) is 0. The Morgan fingerprint density at radius 2 is 1.74 bits per heavy atom. The van der Waals surface area contributed by atoms with Gasteiger partial charge in [0.05, 0.1) is 0 Å². The van der Waals surface area contributed by atoms with E-state index in [9.17, 15) is 4.79 Å². The molecule has 1 atom stereocenters. The number of hydrogen-bond acceptors (Lipinski definition) is 1. The van der Waals surface area contributed by atoms with Crippen LogP contribution in [0.15, 0.2) is 30.3 Å². The highest BCUT2D eigenvalue weighted by atomic mass is 35.5. The van der Waals surface area contributed by atoms with Gasteiger partial charge in [0.1, 0.15) is 6.04 Å². The zero-order chi connectivity index (χ0) is 13.7. The molecule has 0 saturated heterocycles. The highest BCUT2D eigenvalue weighted by Crippen LogP contribution is 2.40. The van der Waals surface area contributed by atoms with Crippen LogP contribution in [0.5, 0.6) is 0 Å². The van der Waals surface area contributed by atoms with E-state index in [1.54, 1.807) is 4.90 Å². The van der Waals surface area contributed by atoms with Crippen molar-refractivity contribution in [2.45, 2.75) is 19.9 Å². The van der Waals surface area contributed by atoms with Crippen molar-refractivity contribution >= 4 is 23.2 Å². The first-order valence-corrected chi connectivity index (χ1v) is 6.60. The van der Waals surface area contributed by atoms with Crippen LogP contribution in [0.1, 0.15) is 23.0 Å². The molecule has 1 unspecified atom stereocenters. The lowest BCUT2D eigenvalue weighted by Gasteiger charge is -2.17. The van der Waals surface area contributed by atoms with Gasteiger partial charge >= 0.3 is 0 Å². The van der Waals surface area contributed by atoms with Gasteiger partial charge in [-0.1, -0.05) is 11.6 Å². The van der Waals surface area contributed by atoms with Gasteiger partial charge in [0, 0.05) is 34.7 Å². The monoisotopic (exact) mass is 274 g/mol. The number of halogens is 1. The number of amides is 1. The fourth-order valence-electron chi connectivity index (χ4n) is 2.82. The van der Waals surface area contributed by atoms with Gasteiger partial charge in [-0.3, -0.25) is 4.79 Å². The van der Waals surface area contributed by atoms with E-state index < -0.39 is 0 Å². The zero-order valence-electron chi connectivity index (χ0n) is 11.1. The lowest BCUT2D eigenvalue weighted by atomic mass is 10.1. The molecule has 1 aromatic carbocycles. The fraction of sp³-hybridized carbons (Fsp3) is 0.267. The quantitative estimate of drug-likeness (QED) is 0.783. The smallest absolute Gasteiger partial charge is 0.254 e. The molecule has 1 amide bonds. The van der Waals surface area contributed by atoms with Crippen LogP contribution in [0.2, 0.25) is 5.02 Å². The van der Waals surface area contributed by atoms with Gasteiger partial charge in [-0.25, -0.2) is 0 Å². The molecule has 0 fully saturated rings. The van der Waals surface area contributed by atoms with Gasteiger partial charge in [-0.15, -0.1) is 0 Å². The van der Waals surface area contributed by atoms with Crippen molar-refractivity contribution in [3.8, 4) is 0 Å². The first kappa shape index (κ1) is 12.3. The van der Waals surface area contributed by atoms with Crippen LogP contribution < -0.4 is 4.90 Å². The molecule has 1 aromatic heterocycles. The molecule has 0 N–H and O–H groups in total. The van der Waals surface area contributed by atoms with E-state index in [0.29, 0.717) is 5.02 Å². The second-order valence-electron chi connectivity index (χ2n) is 4.99. The lowest BCUT2D eigenvalue weighted by molar-refractivity contribution is -0.119. The third-order valence-corrected chi connectivity index (χ3v) is 4.03. The summed E-state index contributed by atoms with van der Waals surface area (Å²) in [6.45, 7) is 4.03. The Kier molecular flexibility index (Phi) is 2.68. The average Bonchev–Trinajstić information content (AvgIpc) is 2.80. The molecule has 2 aromatic rings. The molecule has 3 rings (SSSR count). The van der Waals surface area contributed by atoms with Crippen LogP contribution in [0.4, 0.5) is 5.69 Å². The number of carbonyl (C=O) groups is 1. The van der Waals surface area contributed by atoms with Crippen LogP contribution in [0.25, 0.3) is 0 Å². The second kappa shape index (κ2) is 4.14. The van der Waals surface area contributed by atoms with Crippen molar-refractivity contribution in [1.82, 2.24) is 4.57 Å². The van der Waals surface area contributed by atoms with Gasteiger partial charge in [-0.05, 0) is 44.2 Å². The molecule has 0 spiro atoms. The molecule has 3 nitrogen and oxygen atoms in total. The minimum absolute atomic E-state index is 0.0830. The molecule has 0 aliphatic carbocycles. The summed E-state index contributed by atoms with van der Waals surface area (Å²) in [5, 5.41) is 0.661. The summed E-state index contributed by atoms with van der Waals surface area (Å²) >= 11 is 6.09. The Morgan fingerprint density at radius 1 is 1.11 bits per heavy atom. The van der Waals surface area contributed by atoms with E-state index in [-0.39, 0.29) is 11.9 Å². The molecular weight excluding hydrogens is 260 g/mol. The number of benzene rings is 1. The summed E-state index contributed by atoms with van der Waals surface area (Å²) in [6.07, 6.45) is 0. The number of carbonyl (C=O) groups excluding carboxylic acids is 1. The Labute approximate surface area is 117 Å². The number of nitrogens with zero attached hydrogens (tertiary/aromatic N) is 2. The van der Waals surface area contributed by atoms with Crippen LogP contribution in [0, 0.1) is 13.8 Å². The van der Waals surface area contributed by atoms with Crippen LogP contribution in [-0.2, 0) is 4.79 Å². The van der Waals surface area contributed by atoms with Crippen molar-refractivity contribution < 1.29 is 4.79 Å². The van der Waals surface area contributed by atoms with E-state index in [0.717, 1.165) is 22.6 Å². The molecule has 1 aliphatic rings. The van der Waals surface area contributed by atoms with E-state index in [1.807, 2.05) is 51.2 Å². The third-order valence-electron chi connectivity index (χ3n) is 3.79. The van der Waals surface area contributed by atoms with Crippen LogP contribution >= 0.6 is 11.6 Å². The van der Waals surface area contributed by atoms with Gasteiger partial charge in [-0.2, -0.15) is 0 Å². The summed E-state index contributed by atoms with van der Waals surface area (Å²) in [4.78, 5) is 14.2. The number of likely N-dealkylation sites (N-methyl/N-ethyl adjacent to an activating group) is 1. The maximum Gasteiger partial charge on any atom is 0.254 e. The van der Waals surface area contributed by atoms with Crippen molar-refractivity contribution in [2.24, 2.45) is 0 Å². The van der Waals surface area contributed by atoms with Crippen LogP contribution in [0.3, 0.4) is 0 Å². The van der Waals surface area contributed by atoms with Gasteiger partial charge in [0.25, 0.3) is 5.91 Å².